The summed E-state index contributed by atoms with van der Waals surface area (Å²) in [6, 6.07) is 0. The third kappa shape index (κ3) is 9.78. The fraction of sp³-hybridized carbons (Fsp3) is 0.429. The van der Waals surface area contributed by atoms with Crippen molar-refractivity contribution in [3.63, 3.8) is 0 Å². The van der Waals surface area contributed by atoms with Crippen molar-refractivity contribution in [2.45, 2.75) is 19.3 Å². The van der Waals surface area contributed by atoms with Crippen LogP contribution >= 0.6 is 0 Å². The molecule has 0 fully saturated rings. The largest absolute Gasteiger partial charge is 0.368 e. The fourth-order valence-corrected chi connectivity index (χ4v) is 0.703. The van der Waals surface area contributed by atoms with Gasteiger partial charge in [0.15, 0.2) is 0 Å². The number of hydrogen-bond donors (Lipinski definition) is 6. The minimum atomic E-state index is -0.660. The van der Waals surface area contributed by atoms with Gasteiger partial charge in [-0.05, 0) is 6.42 Å². The van der Waals surface area contributed by atoms with Crippen LogP contribution in [0.5, 0.6) is 0 Å². The van der Waals surface area contributed by atoms with Gasteiger partial charge in [-0.25, -0.2) is 9.59 Å². The van der Waals surface area contributed by atoms with E-state index < -0.39 is 23.9 Å². The van der Waals surface area contributed by atoms with Crippen molar-refractivity contribution in [2.24, 2.45) is 11.5 Å². The third-order valence-electron chi connectivity index (χ3n) is 1.31. The molecule has 0 bridgehead atoms. The van der Waals surface area contributed by atoms with E-state index in [0.29, 0.717) is 0 Å². The Balaban J connectivity index is 3.55. The maximum absolute atomic E-state index is 10.9. The van der Waals surface area contributed by atoms with Crippen molar-refractivity contribution in [1.82, 2.24) is 11.0 Å². The van der Waals surface area contributed by atoms with E-state index in [1.54, 1.807) is 0 Å². The van der Waals surface area contributed by atoms with Crippen LogP contribution in [0.4, 0.5) is 0 Å². The van der Waals surface area contributed by atoms with Gasteiger partial charge in [0.1, 0.15) is 0 Å². The van der Waals surface area contributed by atoms with E-state index in [1.165, 1.54) is 0 Å². The monoisotopic (exact) mass is 246 g/mol. The van der Waals surface area contributed by atoms with E-state index in [0.717, 1.165) is 0 Å². The number of nitrogens with two attached hydrogens (primary N) is 2. The van der Waals surface area contributed by atoms with Gasteiger partial charge in [0, 0.05) is 12.8 Å². The van der Waals surface area contributed by atoms with Gasteiger partial charge in [0.2, 0.25) is 11.9 Å². The molecule has 96 valence electrons. The number of nitrogens with one attached hydrogen (secondary N) is 4. The zero-order valence-corrected chi connectivity index (χ0v) is 8.91. The topological polar surface area (TPSA) is 176 Å². The van der Waals surface area contributed by atoms with E-state index in [-0.39, 0.29) is 19.3 Å². The first kappa shape index (κ1) is 14.5. The summed E-state index contributed by atoms with van der Waals surface area (Å²) in [7, 11) is 0. The fourth-order valence-electron chi connectivity index (χ4n) is 0.703. The number of carbonyl (C=O) groups is 2. The van der Waals surface area contributed by atoms with Gasteiger partial charge in [-0.15, -0.1) is 0 Å². The highest BCUT2D eigenvalue weighted by molar-refractivity contribution is 5.78. The molecule has 0 aliphatic heterocycles. The maximum atomic E-state index is 10.9. The Morgan fingerprint density at radius 3 is 1.59 bits per heavy atom. The second kappa shape index (κ2) is 7.73. The molecule has 0 heterocycles. The highest BCUT2D eigenvalue weighted by atomic mass is 16.7. The lowest BCUT2D eigenvalue weighted by Gasteiger charge is -2.05. The summed E-state index contributed by atoms with van der Waals surface area (Å²) >= 11 is 0. The normalized spacial score (nSPS) is 8.94. The second-order valence-electron chi connectivity index (χ2n) is 2.83. The Bertz CT molecular complexity index is 287. The second-order valence-corrected chi connectivity index (χ2v) is 2.83. The lowest BCUT2D eigenvalue weighted by atomic mass is 10.2. The van der Waals surface area contributed by atoms with Gasteiger partial charge >= 0.3 is 11.9 Å². The molecule has 0 aromatic carbocycles. The Labute approximate surface area is 96.5 Å². The quantitative estimate of drug-likeness (QED) is 0.188. The summed E-state index contributed by atoms with van der Waals surface area (Å²) in [6.07, 6.45) is 0.0989. The molecule has 0 rings (SSSR count). The van der Waals surface area contributed by atoms with Crippen LogP contribution in [0, 0.1) is 10.8 Å². The molecule has 0 amide bonds. The number of hydroxylamine groups is 2. The first-order valence-corrected chi connectivity index (χ1v) is 4.51. The molecule has 0 spiro atoms. The zero-order chi connectivity index (χ0) is 13.3. The molecule has 0 aliphatic rings. The molecule has 0 aromatic heterocycles. The van der Waals surface area contributed by atoms with E-state index in [9.17, 15) is 9.59 Å². The minimum absolute atomic E-state index is 0.0462. The molecule has 0 aliphatic carbocycles. The lowest BCUT2D eigenvalue weighted by Crippen LogP contribution is -2.33. The van der Waals surface area contributed by atoms with Gasteiger partial charge in [-0.1, -0.05) is 0 Å². The summed E-state index contributed by atoms with van der Waals surface area (Å²) in [5.41, 5.74) is 13.5. The molecular formula is C7H14N6O4. The van der Waals surface area contributed by atoms with Crippen LogP contribution in [-0.4, -0.2) is 23.9 Å². The molecule has 0 saturated carbocycles. The molecule has 17 heavy (non-hydrogen) atoms. The van der Waals surface area contributed by atoms with E-state index in [1.807, 2.05) is 11.0 Å². The van der Waals surface area contributed by atoms with Crippen molar-refractivity contribution in [2.75, 3.05) is 0 Å². The predicted octanol–water partition coefficient (Wildman–Crippen LogP) is -1.96. The minimum Gasteiger partial charge on any atom is -0.368 e. The third-order valence-corrected chi connectivity index (χ3v) is 1.31. The van der Waals surface area contributed by atoms with Crippen molar-refractivity contribution in [3.05, 3.63) is 0 Å². The van der Waals surface area contributed by atoms with Crippen LogP contribution in [0.25, 0.3) is 0 Å². The van der Waals surface area contributed by atoms with Gasteiger partial charge < -0.3 is 21.1 Å². The highest BCUT2D eigenvalue weighted by Gasteiger charge is 2.08. The van der Waals surface area contributed by atoms with Crippen molar-refractivity contribution >= 4 is 23.9 Å². The van der Waals surface area contributed by atoms with Crippen LogP contribution in [0.1, 0.15) is 19.3 Å². The molecule has 0 radical (unpaired) electrons. The van der Waals surface area contributed by atoms with Crippen molar-refractivity contribution in [3.8, 4) is 0 Å². The van der Waals surface area contributed by atoms with E-state index in [4.69, 9.17) is 22.3 Å². The summed E-state index contributed by atoms with van der Waals surface area (Å²) in [5.74, 6) is -2.31. The van der Waals surface area contributed by atoms with E-state index >= 15 is 0 Å². The SMILES string of the molecule is N=C(N)NOC(=O)CCCC(=O)ONC(=N)N. The van der Waals surface area contributed by atoms with Gasteiger partial charge in [-0.3, -0.25) is 10.8 Å². The highest BCUT2D eigenvalue weighted by Crippen LogP contribution is 1.98. The van der Waals surface area contributed by atoms with Gasteiger partial charge in [0.05, 0.1) is 0 Å². The van der Waals surface area contributed by atoms with Gasteiger partial charge in [0.25, 0.3) is 0 Å². The number of guanidine groups is 2. The summed E-state index contributed by atoms with van der Waals surface area (Å²) < 4.78 is 0. The average Bonchev–Trinajstić information content (AvgIpc) is 2.23. The molecule has 0 atom stereocenters. The molecule has 10 heteroatoms. The average molecular weight is 246 g/mol. The van der Waals surface area contributed by atoms with Crippen LogP contribution < -0.4 is 22.4 Å². The zero-order valence-electron chi connectivity index (χ0n) is 8.91. The van der Waals surface area contributed by atoms with Crippen molar-refractivity contribution in [1.29, 1.82) is 10.8 Å². The summed E-state index contributed by atoms with van der Waals surface area (Å²) in [4.78, 5) is 30.5. The van der Waals surface area contributed by atoms with Crippen LogP contribution in [0.2, 0.25) is 0 Å². The Hall–Kier alpha value is -2.52. The van der Waals surface area contributed by atoms with Crippen molar-refractivity contribution < 1.29 is 19.3 Å². The maximum Gasteiger partial charge on any atom is 0.332 e. The molecular weight excluding hydrogens is 232 g/mol. The van der Waals surface area contributed by atoms with Crippen LogP contribution in [-0.2, 0) is 19.3 Å². The molecule has 8 N–H and O–H groups in total. The first-order chi connectivity index (χ1) is 7.91. The molecule has 0 saturated heterocycles. The van der Waals surface area contributed by atoms with Gasteiger partial charge in [-0.2, -0.15) is 11.0 Å². The summed E-state index contributed by atoms with van der Waals surface area (Å²) in [6.45, 7) is 0. The molecule has 0 unspecified atom stereocenters. The van der Waals surface area contributed by atoms with Crippen LogP contribution in [0.15, 0.2) is 0 Å². The Kier molecular flexibility index (Phi) is 6.58. The first-order valence-electron chi connectivity index (χ1n) is 4.51. The van der Waals surface area contributed by atoms with E-state index in [2.05, 4.69) is 9.68 Å². The Morgan fingerprint density at radius 1 is 0.941 bits per heavy atom. The number of hydrogen-bond acceptors (Lipinski definition) is 6. The Morgan fingerprint density at radius 2 is 1.29 bits per heavy atom. The molecule has 0 aromatic rings. The molecule has 10 nitrogen and oxygen atoms in total. The predicted molar refractivity (Wildman–Crippen MR) is 56.1 cm³/mol. The number of carbonyl (C=O) groups excluding carboxylic acids is 2. The summed E-state index contributed by atoms with van der Waals surface area (Å²) in [5, 5.41) is 13.4. The standard InChI is InChI=1S/C7H14N6O4/c8-6(9)12-16-4(14)2-1-3-5(15)17-13-7(10)11/h1-3H2,(H4,8,9,12)(H4,10,11,13). The van der Waals surface area contributed by atoms with Crippen LogP contribution in [0.3, 0.4) is 0 Å². The lowest BCUT2D eigenvalue weighted by molar-refractivity contribution is -0.149. The smallest absolute Gasteiger partial charge is 0.332 e. The number of rotatable bonds is 4.